The van der Waals surface area contributed by atoms with Gasteiger partial charge in [0.05, 0.1) is 17.5 Å². The monoisotopic (exact) mass is 182 g/mol. The third-order valence-electron chi connectivity index (χ3n) is 1.88. The molecule has 2 aromatic heterocycles. The number of aryl methyl sites for hydroxylation is 1. The molecule has 0 aliphatic rings. The molecule has 0 fully saturated rings. The largest absolute Gasteiger partial charge is 0.387 e. The molecule has 0 saturated carbocycles. The summed E-state index contributed by atoms with van der Waals surface area (Å²) in [4.78, 5) is 5.26. The number of aromatic nitrogens is 2. The zero-order chi connectivity index (χ0) is 8.72. The van der Waals surface area contributed by atoms with E-state index in [0.29, 0.717) is 0 Å². The van der Waals surface area contributed by atoms with Crippen LogP contribution in [0.1, 0.15) is 24.4 Å². The van der Waals surface area contributed by atoms with Gasteiger partial charge in [0.25, 0.3) is 0 Å². The van der Waals surface area contributed by atoms with Gasteiger partial charge in [0.2, 0.25) is 0 Å². The summed E-state index contributed by atoms with van der Waals surface area (Å²) in [5.74, 6) is 0. The van der Waals surface area contributed by atoms with Gasteiger partial charge in [-0.2, -0.15) is 0 Å². The number of fused-ring (bicyclic) bond motifs is 1. The van der Waals surface area contributed by atoms with Gasteiger partial charge in [-0.1, -0.05) is 0 Å². The van der Waals surface area contributed by atoms with Crippen LogP contribution in [0.25, 0.3) is 4.96 Å². The molecule has 0 aliphatic carbocycles. The van der Waals surface area contributed by atoms with Crippen LogP contribution in [0.3, 0.4) is 0 Å². The number of hydrogen-bond donors (Lipinski definition) is 1. The summed E-state index contributed by atoms with van der Waals surface area (Å²) >= 11 is 1.58. The third-order valence-corrected chi connectivity index (χ3v) is 2.64. The van der Waals surface area contributed by atoms with E-state index in [1.54, 1.807) is 18.3 Å². The lowest BCUT2D eigenvalue weighted by molar-refractivity contribution is 0.192. The third kappa shape index (κ3) is 0.956. The van der Waals surface area contributed by atoms with Crippen LogP contribution in [0.15, 0.2) is 11.6 Å². The zero-order valence-electron chi connectivity index (χ0n) is 6.98. The molecule has 2 heterocycles. The van der Waals surface area contributed by atoms with Crippen LogP contribution in [0, 0.1) is 6.92 Å². The van der Waals surface area contributed by atoms with Crippen molar-refractivity contribution in [1.29, 1.82) is 0 Å². The van der Waals surface area contributed by atoms with Gasteiger partial charge in [-0.25, -0.2) is 4.98 Å². The first kappa shape index (κ1) is 7.76. The Morgan fingerprint density at radius 1 is 1.67 bits per heavy atom. The van der Waals surface area contributed by atoms with Crippen molar-refractivity contribution in [3.8, 4) is 0 Å². The lowest BCUT2D eigenvalue weighted by Gasteiger charge is -2.02. The number of imidazole rings is 1. The van der Waals surface area contributed by atoms with E-state index in [1.807, 2.05) is 22.9 Å². The highest BCUT2D eigenvalue weighted by Crippen LogP contribution is 2.21. The van der Waals surface area contributed by atoms with E-state index >= 15 is 0 Å². The van der Waals surface area contributed by atoms with Gasteiger partial charge in [-0.15, -0.1) is 11.3 Å². The zero-order valence-corrected chi connectivity index (χ0v) is 7.80. The van der Waals surface area contributed by atoms with Crippen LogP contribution in [-0.4, -0.2) is 14.5 Å². The summed E-state index contributed by atoms with van der Waals surface area (Å²) in [6, 6.07) is 0. The van der Waals surface area contributed by atoms with Crippen LogP contribution in [-0.2, 0) is 0 Å². The van der Waals surface area contributed by atoms with Gasteiger partial charge in [0.1, 0.15) is 0 Å². The fraction of sp³-hybridized carbons (Fsp3) is 0.375. The van der Waals surface area contributed by atoms with Crippen molar-refractivity contribution in [1.82, 2.24) is 9.38 Å². The first-order valence-corrected chi connectivity index (χ1v) is 4.68. The van der Waals surface area contributed by atoms with Crippen molar-refractivity contribution in [3.05, 3.63) is 23.0 Å². The van der Waals surface area contributed by atoms with Gasteiger partial charge >= 0.3 is 0 Å². The second-order valence-corrected chi connectivity index (χ2v) is 3.69. The minimum atomic E-state index is -0.449. The molecule has 1 N–H and O–H groups in total. The van der Waals surface area contributed by atoms with E-state index in [9.17, 15) is 5.11 Å². The van der Waals surface area contributed by atoms with Crippen molar-refractivity contribution in [2.24, 2.45) is 0 Å². The van der Waals surface area contributed by atoms with Crippen LogP contribution < -0.4 is 0 Å². The Kier molecular flexibility index (Phi) is 1.66. The minimum Gasteiger partial charge on any atom is -0.387 e. The Morgan fingerprint density at radius 2 is 2.42 bits per heavy atom. The molecular formula is C8H10N2OS. The maximum atomic E-state index is 9.45. The average molecular weight is 182 g/mol. The Bertz CT molecular complexity index is 402. The lowest BCUT2D eigenvalue weighted by atomic mass is 10.2. The molecule has 3 nitrogen and oxygen atoms in total. The van der Waals surface area contributed by atoms with Gasteiger partial charge in [-0.05, 0) is 13.8 Å². The molecule has 4 heteroatoms. The van der Waals surface area contributed by atoms with E-state index in [0.717, 1.165) is 16.3 Å². The van der Waals surface area contributed by atoms with Crippen molar-refractivity contribution < 1.29 is 5.11 Å². The van der Waals surface area contributed by atoms with Gasteiger partial charge < -0.3 is 5.11 Å². The van der Waals surface area contributed by atoms with E-state index in [4.69, 9.17) is 0 Å². The number of thiazole rings is 1. The summed E-state index contributed by atoms with van der Waals surface area (Å²) in [7, 11) is 0. The van der Waals surface area contributed by atoms with Gasteiger partial charge in [0.15, 0.2) is 4.96 Å². The topological polar surface area (TPSA) is 37.5 Å². The van der Waals surface area contributed by atoms with E-state index in [2.05, 4.69) is 4.98 Å². The van der Waals surface area contributed by atoms with E-state index in [1.165, 1.54) is 0 Å². The molecule has 2 aromatic rings. The highest BCUT2D eigenvalue weighted by atomic mass is 32.1. The summed E-state index contributed by atoms with van der Waals surface area (Å²) < 4.78 is 1.94. The molecule has 0 spiro atoms. The van der Waals surface area contributed by atoms with E-state index < -0.39 is 6.10 Å². The minimum absolute atomic E-state index is 0.449. The number of rotatable bonds is 1. The summed E-state index contributed by atoms with van der Waals surface area (Å²) in [5.41, 5.74) is 1.81. The highest BCUT2D eigenvalue weighted by molar-refractivity contribution is 7.15. The SMILES string of the molecule is Cc1nc2sccn2c1[C@H](C)O. The second kappa shape index (κ2) is 2.57. The molecule has 0 amide bonds. The van der Waals surface area contributed by atoms with Crippen LogP contribution in [0.2, 0.25) is 0 Å². The molecule has 0 radical (unpaired) electrons. The normalized spacial score (nSPS) is 13.9. The van der Waals surface area contributed by atoms with E-state index in [-0.39, 0.29) is 0 Å². The molecule has 0 bridgehead atoms. The predicted octanol–water partition coefficient (Wildman–Crippen LogP) is 1.76. The fourth-order valence-electron chi connectivity index (χ4n) is 1.41. The van der Waals surface area contributed by atoms with Crippen molar-refractivity contribution in [3.63, 3.8) is 0 Å². The molecule has 0 aromatic carbocycles. The molecule has 0 aliphatic heterocycles. The Hall–Kier alpha value is -0.870. The molecule has 0 unspecified atom stereocenters. The second-order valence-electron chi connectivity index (χ2n) is 2.81. The Balaban J connectivity index is 2.76. The first-order chi connectivity index (χ1) is 5.70. The number of hydrogen-bond acceptors (Lipinski definition) is 3. The number of aliphatic hydroxyl groups excluding tert-OH is 1. The van der Waals surface area contributed by atoms with Gasteiger partial charge in [-0.3, -0.25) is 4.40 Å². The standard InChI is InChI=1S/C8H10N2OS/c1-5-7(6(2)11)10-3-4-12-8(10)9-5/h3-4,6,11H,1-2H3/t6-/m0/s1. The quantitative estimate of drug-likeness (QED) is 0.729. The van der Waals surface area contributed by atoms with Crippen LogP contribution >= 0.6 is 11.3 Å². The molecule has 64 valence electrons. The van der Waals surface area contributed by atoms with Crippen molar-refractivity contribution in [2.75, 3.05) is 0 Å². The summed E-state index contributed by atoms with van der Waals surface area (Å²) in [5, 5.41) is 11.4. The van der Waals surface area contributed by atoms with Crippen molar-refractivity contribution in [2.45, 2.75) is 20.0 Å². The number of nitrogens with zero attached hydrogens (tertiary/aromatic N) is 2. The van der Waals surface area contributed by atoms with Crippen molar-refractivity contribution >= 4 is 16.3 Å². The molecule has 12 heavy (non-hydrogen) atoms. The molecule has 2 rings (SSSR count). The first-order valence-electron chi connectivity index (χ1n) is 3.80. The number of aliphatic hydroxyl groups is 1. The van der Waals surface area contributed by atoms with Crippen LogP contribution in [0.5, 0.6) is 0 Å². The maximum absolute atomic E-state index is 9.45. The Morgan fingerprint density at radius 3 is 3.08 bits per heavy atom. The Labute approximate surface area is 74.3 Å². The molecule has 0 saturated heterocycles. The fourth-order valence-corrected chi connectivity index (χ4v) is 2.18. The maximum Gasteiger partial charge on any atom is 0.194 e. The molecule has 1 atom stereocenters. The predicted molar refractivity (Wildman–Crippen MR) is 48.4 cm³/mol. The lowest BCUT2D eigenvalue weighted by Crippen LogP contribution is -1.97. The summed E-state index contributed by atoms with van der Waals surface area (Å²) in [6.07, 6.45) is 1.48. The van der Waals surface area contributed by atoms with Gasteiger partial charge in [0, 0.05) is 11.6 Å². The smallest absolute Gasteiger partial charge is 0.194 e. The summed E-state index contributed by atoms with van der Waals surface area (Å²) in [6.45, 7) is 3.68. The average Bonchev–Trinajstić information content (AvgIpc) is 2.44. The highest BCUT2D eigenvalue weighted by Gasteiger charge is 2.13. The molecular weight excluding hydrogens is 172 g/mol. The van der Waals surface area contributed by atoms with Crippen LogP contribution in [0.4, 0.5) is 0 Å².